The van der Waals surface area contributed by atoms with E-state index in [-0.39, 0.29) is 12.8 Å². The maximum atomic E-state index is 10.8. The van der Waals surface area contributed by atoms with Crippen molar-refractivity contribution in [3.63, 3.8) is 0 Å². The van der Waals surface area contributed by atoms with Crippen molar-refractivity contribution in [1.29, 1.82) is 0 Å². The van der Waals surface area contributed by atoms with E-state index in [1.807, 2.05) is 25.1 Å². The lowest BCUT2D eigenvalue weighted by molar-refractivity contribution is 0.0131. The van der Waals surface area contributed by atoms with Gasteiger partial charge in [0.25, 0.3) is 0 Å². The Morgan fingerprint density at radius 1 is 1.33 bits per heavy atom. The molecule has 2 N–H and O–H groups in total. The van der Waals surface area contributed by atoms with Crippen LogP contribution in [-0.4, -0.2) is 44.0 Å². The van der Waals surface area contributed by atoms with Crippen molar-refractivity contribution in [2.24, 2.45) is 0 Å². The van der Waals surface area contributed by atoms with Gasteiger partial charge in [0, 0.05) is 11.3 Å². The molecule has 18 heavy (non-hydrogen) atoms. The van der Waals surface area contributed by atoms with E-state index in [4.69, 9.17) is 14.6 Å². The molecule has 1 aromatic rings. The number of benzene rings is 1. The summed E-state index contributed by atoms with van der Waals surface area (Å²) in [5.41, 5.74) is 1.35. The molecule has 1 aromatic carbocycles. The number of nitrogens with one attached hydrogen (secondary N) is 1. The zero-order valence-corrected chi connectivity index (χ0v) is 10.5. The van der Waals surface area contributed by atoms with Crippen molar-refractivity contribution in [1.82, 2.24) is 0 Å². The fourth-order valence-electron chi connectivity index (χ4n) is 1.44. The Labute approximate surface area is 107 Å². The molecule has 5 nitrogen and oxygen atoms in total. The summed E-state index contributed by atoms with van der Waals surface area (Å²) >= 11 is 0. The minimum absolute atomic E-state index is 0.0144. The van der Waals surface area contributed by atoms with Gasteiger partial charge < -0.3 is 19.9 Å². The van der Waals surface area contributed by atoms with Crippen LogP contribution in [0.4, 0.5) is 5.69 Å². The molecule has 0 aliphatic carbocycles. The number of aldehydes is 1. The van der Waals surface area contributed by atoms with E-state index in [1.54, 1.807) is 6.07 Å². The maximum absolute atomic E-state index is 10.8. The van der Waals surface area contributed by atoms with Gasteiger partial charge in [-0.3, -0.25) is 4.79 Å². The standard InChI is InChI=1S/C13H19NO4/c1-11(18-9-8-17-7-6-15)14-13-5-3-2-4-12(13)10-16/h2-5,10-11,14-15H,6-9H2,1H3. The summed E-state index contributed by atoms with van der Waals surface area (Å²) in [4.78, 5) is 10.8. The van der Waals surface area contributed by atoms with Crippen molar-refractivity contribution in [2.75, 3.05) is 31.7 Å². The number of carbonyl (C=O) groups excluding carboxylic acids is 1. The minimum atomic E-state index is -0.219. The smallest absolute Gasteiger partial charge is 0.152 e. The van der Waals surface area contributed by atoms with Crippen molar-refractivity contribution in [2.45, 2.75) is 13.2 Å². The number of aliphatic hydroxyl groups is 1. The van der Waals surface area contributed by atoms with Crippen LogP contribution in [0.15, 0.2) is 24.3 Å². The fourth-order valence-corrected chi connectivity index (χ4v) is 1.44. The molecule has 1 atom stereocenters. The number of rotatable bonds is 9. The van der Waals surface area contributed by atoms with E-state index in [0.717, 1.165) is 12.0 Å². The molecule has 0 heterocycles. The summed E-state index contributed by atoms with van der Waals surface area (Å²) < 4.78 is 10.5. The van der Waals surface area contributed by atoms with Gasteiger partial charge >= 0.3 is 0 Å². The topological polar surface area (TPSA) is 67.8 Å². The molecule has 1 unspecified atom stereocenters. The molecular weight excluding hydrogens is 234 g/mol. The van der Waals surface area contributed by atoms with Crippen molar-refractivity contribution < 1.29 is 19.4 Å². The highest BCUT2D eigenvalue weighted by Gasteiger charge is 2.05. The molecular formula is C13H19NO4. The zero-order chi connectivity index (χ0) is 13.2. The van der Waals surface area contributed by atoms with Crippen LogP contribution in [0.5, 0.6) is 0 Å². The van der Waals surface area contributed by atoms with Crippen LogP contribution in [0.1, 0.15) is 17.3 Å². The summed E-state index contributed by atoms with van der Waals surface area (Å²) in [6.07, 6.45) is 0.586. The monoisotopic (exact) mass is 253 g/mol. The third-order valence-electron chi connectivity index (χ3n) is 2.28. The summed E-state index contributed by atoms with van der Waals surface area (Å²) in [5, 5.41) is 11.6. The van der Waals surface area contributed by atoms with Crippen LogP contribution in [0.25, 0.3) is 0 Å². The number of hydrogen-bond donors (Lipinski definition) is 2. The van der Waals surface area contributed by atoms with Crippen LogP contribution < -0.4 is 5.32 Å². The molecule has 0 aromatic heterocycles. The molecule has 0 spiro atoms. The van der Waals surface area contributed by atoms with E-state index < -0.39 is 0 Å². The molecule has 0 bridgehead atoms. The normalized spacial score (nSPS) is 12.1. The Morgan fingerprint density at radius 2 is 2.11 bits per heavy atom. The zero-order valence-electron chi connectivity index (χ0n) is 10.5. The molecule has 100 valence electrons. The molecule has 0 fully saturated rings. The molecule has 0 amide bonds. The van der Waals surface area contributed by atoms with E-state index >= 15 is 0 Å². The molecule has 1 rings (SSSR count). The van der Waals surface area contributed by atoms with E-state index in [2.05, 4.69) is 5.32 Å². The van der Waals surface area contributed by atoms with Gasteiger partial charge in [0.1, 0.15) is 6.23 Å². The number of anilines is 1. The first-order chi connectivity index (χ1) is 8.77. The summed E-state index contributed by atoms with van der Waals surface area (Å²) in [5.74, 6) is 0. The van der Waals surface area contributed by atoms with Gasteiger partial charge in [0.15, 0.2) is 6.29 Å². The molecule has 0 aliphatic heterocycles. The van der Waals surface area contributed by atoms with Crippen LogP contribution in [0.2, 0.25) is 0 Å². The van der Waals surface area contributed by atoms with Crippen LogP contribution in [-0.2, 0) is 9.47 Å². The second kappa shape index (κ2) is 8.63. The Balaban J connectivity index is 2.30. The first kappa shape index (κ1) is 14.6. The quantitative estimate of drug-likeness (QED) is 0.394. The molecule has 0 saturated carbocycles. The number of hydrogen-bond acceptors (Lipinski definition) is 5. The van der Waals surface area contributed by atoms with Gasteiger partial charge in [-0.25, -0.2) is 0 Å². The lowest BCUT2D eigenvalue weighted by atomic mass is 10.2. The average molecular weight is 253 g/mol. The lowest BCUT2D eigenvalue weighted by Crippen LogP contribution is -2.22. The van der Waals surface area contributed by atoms with Crippen molar-refractivity contribution >= 4 is 12.0 Å². The number of ether oxygens (including phenoxy) is 2. The Morgan fingerprint density at radius 3 is 2.83 bits per heavy atom. The predicted octanol–water partition coefficient (Wildman–Crippen LogP) is 1.28. The molecule has 0 radical (unpaired) electrons. The van der Waals surface area contributed by atoms with Gasteiger partial charge in [-0.2, -0.15) is 0 Å². The fraction of sp³-hybridized carbons (Fsp3) is 0.462. The second-order valence-corrected chi connectivity index (χ2v) is 3.70. The summed E-state index contributed by atoms with van der Waals surface area (Å²) in [6, 6.07) is 7.23. The maximum Gasteiger partial charge on any atom is 0.152 e. The van der Waals surface area contributed by atoms with Gasteiger partial charge in [-0.1, -0.05) is 12.1 Å². The Hall–Kier alpha value is -1.43. The highest BCUT2D eigenvalue weighted by atomic mass is 16.5. The Bertz CT molecular complexity index is 357. The Kier molecular flexibility index (Phi) is 7.01. The highest BCUT2D eigenvalue weighted by Crippen LogP contribution is 2.13. The van der Waals surface area contributed by atoms with E-state index in [1.165, 1.54) is 0 Å². The van der Waals surface area contributed by atoms with Crippen molar-refractivity contribution in [3.05, 3.63) is 29.8 Å². The first-order valence-electron chi connectivity index (χ1n) is 5.89. The summed E-state index contributed by atoms with van der Waals surface area (Å²) in [7, 11) is 0. The SMILES string of the molecule is CC(Nc1ccccc1C=O)OCCOCCO. The predicted molar refractivity (Wildman–Crippen MR) is 68.8 cm³/mol. The van der Waals surface area contributed by atoms with Crippen LogP contribution >= 0.6 is 0 Å². The number of aliphatic hydroxyl groups excluding tert-OH is 1. The number of carbonyl (C=O) groups is 1. The lowest BCUT2D eigenvalue weighted by Gasteiger charge is -2.17. The minimum Gasteiger partial charge on any atom is -0.394 e. The average Bonchev–Trinajstić information content (AvgIpc) is 2.39. The van der Waals surface area contributed by atoms with E-state index in [9.17, 15) is 4.79 Å². The van der Waals surface area contributed by atoms with Crippen LogP contribution in [0.3, 0.4) is 0 Å². The summed E-state index contributed by atoms with van der Waals surface area (Å²) in [6.45, 7) is 3.05. The first-order valence-corrected chi connectivity index (χ1v) is 5.89. The van der Waals surface area contributed by atoms with E-state index in [0.29, 0.717) is 25.4 Å². The third-order valence-corrected chi connectivity index (χ3v) is 2.28. The molecule has 5 heteroatoms. The molecule has 0 saturated heterocycles. The van der Waals surface area contributed by atoms with Crippen molar-refractivity contribution in [3.8, 4) is 0 Å². The second-order valence-electron chi connectivity index (χ2n) is 3.70. The highest BCUT2D eigenvalue weighted by molar-refractivity contribution is 5.84. The van der Waals surface area contributed by atoms with Gasteiger partial charge in [-0.05, 0) is 19.1 Å². The van der Waals surface area contributed by atoms with Gasteiger partial charge in [-0.15, -0.1) is 0 Å². The number of para-hydroxylation sites is 1. The van der Waals surface area contributed by atoms with Crippen LogP contribution in [0, 0.1) is 0 Å². The third kappa shape index (κ3) is 5.27. The molecule has 0 aliphatic rings. The largest absolute Gasteiger partial charge is 0.394 e. The van der Waals surface area contributed by atoms with Gasteiger partial charge in [0.2, 0.25) is 0 Å². The van der Waals surface area contributed by atoms with Gasteiger partial charge in [0.05, 0.1) is 26.4 Å².